The van der Waals surface area contributed by atoms with E-state index in [9.17, 15) is 19.5 Å². The van der Waals surface area contributed by atoms with Crippen LogP contribution < -0.4 is 0 Å². The minimum Gasteiger partial charge on any atom is -0.507 e. The molecule has 2 aliphatic carbocycles. The Hall–Kier alpha value is -2.43. The lowest BCUT2D eigenvalue weighted by molar-refractivity contribution is -0.146. The van der Waals surface area contributed by atoms with Crippen LogP contribution in [0.25, 0.3) is 0 Å². The zero-order valence-electron chi connectivity index (χ0n) is 12.3. The summed E-state index contributed by atoms with van der Waals surface area (Å²) in [7, 11) is 0. The summed E-state index contributed by atoms with van der Waals surface area (Å²) >= 11 is 0. The Labute approximate surface area is 127 Å². The summed E-state index contributed by atoms with van der Waals surface area (Å²) in [6, 6.07) is 4.46. The van der Waals surface area contributed by atoms with E-state index in [4.69, 9.17) is 4.74 Å². The number of hydrogen-bond acceptors (Lipinski definition) is 5. The van der Waals surface area contributed by atoms with E-state index in [1.54, 1.807) is 6.08 Å². The standard InChI is InChI=1S/C17H16O5/c1-8-6-11-15(13(7-8)22-9(2)18)16(20)10-4-3-5-12(19)14(10)17(11)21/h3-5,7,11,13,15,19H,6H2,1-2H3/t11-,13+,15-/m0/s1. The molecule has 3 rings (SSSR count). The molecule has 0 fully saturated rings. The number of fused-ring (bicyclic) bond motifs is 2. The van der Waals surface area contributed by atoms with E-state index in [1.165, 1.54) is 25.1 Å². The van der Waals surface area contributed by atoms with Gasteiger partial charge in [-0.15, -0.1) is 0 Å². The summed E-state index contributed by atoms with van der Waals surface area (Å²) in [6.07, 6.45) is 1.44. The fraction of sp³-hybridized carbons (Fsp3) is 0.353. The zero-order valence-corrected chi connectivity index (χ0v) is 12.3. The zero-order chi connectivity index (χ0) is 16.0. The SMILES string of the molecule is CC(=O)O[C@@H]1C=C(C)C[C@@H]2C(=O)c3c(O)cccc3C(=O)[C@@H]21. The van der Waals surface area contributed by atoms with Gasteiger partial charge in [-0.2, -0.15) is 0 Å². The van der Waals surface area contributed by atoms with Crippen molar-refractivity contribution in [1.29, 1.82) is 0 Å². The lowest BCUT2D eigenvalue weighted by Crippen LogP contribution is -2.46. The number of benzene rings is 1. The molecule has 0 amide bonds. The van der Waals surface area contributed by atoms with Gasteiger partial charge in [0, 0.05) is 18.4 Å². The van der Waals surface area contributed by atoms with Crippen molar-refractivity contribution in [1.82, 2.24) is 0 Å². The van der Waals surface area contributed by atoms with E-state index in [0.29, 0.717) is 6.42 Å². The third-order valence-corrected chi connectivity index (χ3v) is 4.27. The molecule has 0 spiro atoms. The van der Waals surface area contributed by atoms with Crippen LogP contribution in [0.2, 0.25) is 0 Å². The van der Waals surface area contributed by atoms with Crippen molar-refractivity contribution in [3.63, 3.8) is 0 Å². The van der Waals surface area contributed by atoms with Crippen LogP contribution >= 0.6 is 0 Å². The normalized spacial score (nSPS) is 26.8. The third-order valence-electron chi connectivity index (χ3n) is 4.27. The average Bonchev–Trinajstić information content (AvgIpc) is 2.43. The second-order valence-electron chi connectivity index (χ2n) is 5.85. The molecule has 0 aromatic heterocycles. The van der Waals surface area contributed by atoms with Crippen molar-refractivity contribution in [2.45, 2.75) is 26.4 Å². The Balaban J connectivity index is 2.12. The number of esters is 1. The molecule has 0 saturated heterocycles. The van der Waals surface area contributed by atoms with Crippen LogP contribution in [0.3, 0.4) is 0 Å². The highest BCUT2D eigenvalue weighted by Gasteiger charge is 2.48. The molecule has 22 heavy (non-hydrogen) atoms. The molecule has 0 unspecified atom stereocenters. The maximum atomic E-state index is 12.8. The molecular formula is C17H16O5. The minimum atomic E-state index is -0.733. The number of phenolic OH excluding ortho intramolecular Hbond substituents is 1. The maximum absolute atomic E-state index is 12.8. The van der Waals surface area contributed by atoms with E-state index < -0.39 is 23.9 Å². The van der Waals surface area contributed by atoms with Gasteiger partial charge in [-0.1, -0.05) is 17.7 Å². The van der Waals surface area contributed by atoms with Gasteiger partial charge in [-0.3, -0.25) is 14.4 Å². The van der Waals surface area contributed by atoms with Crippen molar-refractivity contribution < 1.29 is 24.2 Å². The summed E-state index contributed by atoms with van der Waals surface area (Å²) in [5, 5.41) is 9.94. The Kier molecular flexibility index (Phi) is 3.35. The number of aromatic hydroxyl groups is 1. The highest BCUT2D eigenvalue weighted by atomic mass is 16.5. The van der Waals surface area contributed by atoms with Gasteiger partial charge in [0.05, 0.1) is 11.5 Å². The van der Waals surface area contributed by atoms with Gasteiger partial charge in [-0.05, 0) is 25.5 Å². The highest BCUT2D eigenvalue weighted by Crippen LogP contribution is 2.42. The van der Waals surface area contributed by atoms with Gasteiger partial charge in [0.1, 0.15) is 11.9 Å². The van der Waals surface area contributed by atoms with Crippen LogP contribution in [-0.2, 0) is 9.53 Å². The van der Waals surface area contributed by atoms with E-state index in [1.807, 2.05) is 6.92 Å². The van der Waals surface area contributed by atoms with Gasteiger partial charge in [-0.25, -0.2) is 0 Å². The van der Waals surface area contributed by atoms with Gasteiger partial charge in [0.2, 0.25) is 0 Å². The van der Waals surface area contributed by atoms with E-state index in [0.717, 1.165) is 5.57 Å². The molecular weight excluding hydrogens is 284 g/mol. The molecule has 2 aliphatic rings. The number of carbonyl (C=O) groups excluding carboxylic acids is 3. The van der Waals surface area contributed by atoms with E-state index in [-0.39, 0.29) is 28.4 Å². The van der Waals surface area contributed by atoms with Crippen LogP contribution in [-0.4, -0.2) is 28.7 Å². The summed E-state index contributed by atoms with van der Waals surface area (Å²) in [5.41, 5.74) is 1.19. The molecule has 0 aliphatic heterocycles. The fourth-order valence-corrected chi connectivity index (χ4v) is 3.41. The van der Waals surface area contributed by atoms with Crippen LogP contribution in [0.5, 0.6) is 5.75 Å². The fourth-order valence-electron chi connectivity index (χ4n) is 3.41. The monoisotopic (exact) mass is 300 g/mol. The van der Waals surface area contributed by atoms with Crippen LogP contribution in [0.1, 0.15) is 41.0 Å². The average molecular weight is 300 g/mol. The first-order valence-electron chi connectivity index (χ1n) is 7.15. The van der Waals surface area contributed by atoms with Crippen LogP contribution in [0.15, 0.2) is 29.8 Å². The molecule has 3 atom stereocenters. The molecule has 1 N–H and O–H groups in total. The summed E-state index contributed by atoms with van der Waals surface area (Å²) in [4.78, 5) is 36.8. The Morgan fingerprint density at radius 2 is 2.00 bits per heavy atom. The number of phenols is 1. The number of Topliss-reactive ketones (excluding diaryl/α,β-unsaturated/α-hetero) is 2. The summed E-state index contributed by atoms with van der Waals surface area (Å²) in [5.74, 6) is -2.49. The molecule has 0 saturated carbocycles. The smallest absolute Gasteiger partial charge is 0.303 e. The van der Waals surface area contributed by atoms with Crippen molar-refractivity contribution in [2.24, 2.45) is 11.8 Å². The van der Waals surface area contributed by atoms with Gasteiger partial charge in [0.15, 0.2) is 11.6 Å². The highest BCUT2D eigenvalue weighted by molar-refractivity contribution is 6.17. The lowest BCUT2D eigenvalue weighted by atomic mass is 9.66. The first-order valence-corrected chi connectivity index (χ1v) is 7.15. The number of rotatable bonds is 1. The van der Waals surface area contributed by atoms with Crippen LogP contribution in [0, 0.1) is 11.8 Å². The maximum Gasteiger partial charge on any atom is 0.303 e. The first-order chi connectivity index (χ1) is 10.4. The van der Waals surface area contributed by atoms with Gasteiger partial charge in [0.25, 0.3) is 0 Å². The summed E-state index contributed by atoms with van der Waals surface area (Å²) < 4.78 is 5.24. The van der Waals surface area contributed by atoms with Crippen LogP contribution in [0.4, 0.5) is 0 Å². The molecule has 0 radical (unpaired) electrons. The van der Waals surface area contributed by atoms with E-state index in [2.05, 4.69) is 0 Å². The Morgan fingerprint density at radius 1 is 1.27 bits per heavy atom. The quantitative estimate of drug-likeness (QED) is 0.635. The van der Waals surface area contributed by atoms with Crippen molar-refractivity contribution in [3.8, 4) is 5.75 Å². The molecule has 5 heteroatoms. The first kappa shape index (κ1) is 14.5. The largest absolute Gasteiger partial charge is 0.507 e. The van der Waals surface area contributed by atoms with Crippen molar-refractivity contribution in [2.75, 3.05) is 0 Å². The number of hydrogen-bond donors (Lipinski definition) is 1. The topological polar surface area (TPSA) is 80.7 Å². The van der Waals surface area contributed by atoms with Crippen molar-refractivity contribution >= 4 is 17.5 Å². The summed E-state index contributed by atoms with van der Waals surface area (Å²) in [6.45, 7) is 3.12. The van der Waals surface area contributed by atoms with Gasteiger partial charge < -0.3 is 9.84 Å². The Bertz CT molecular complexity index is 716. The number of allylic oxidation sites excluding steroid dienone is 1. The molecule has 1 aromatic rings. The Morgan fingerprint density at radius 3 is 2.68 bits per heavy atom. The third kappa shape index (κ3) is 2.13. The van der Waals surface area contributed by atoms with Crippen molar-refractivity contribution in [3.05, 3.63) is 41.0 Å². The second-order valence-corrected chi connectivity index (χ2v) is 5.85. The molecule has 5 nitrogen and oxygen atoms in total. The minimum absolute atomic E-state index is 0.0880. The van der Waals surface area contributed by atoms with E-state index >= 15 is 0 Å². The second kappa shape index (κ2) is 5.09. The van der Waals surface area contributed by atoms with Gasteiger partial charge >= 0.3 is 5.97 Å². The molecule has 0 heterocycles. The number of ketones is 2. The lowest BCUT2D eigenvalue weighted by Gasteiger charge is -2.37. The molecule has 0 bridgehead atoms. The number of ether oxygens (including phenoxy) is 1. The molecule has 114 valence electrons. The predicted molar refractivity (Wildman–Crippen MR) is 77.7 cm³/mol. The predicted octanol–water partition coefficient (Wildman–Crippen LogP) is 2.29. The molecule has 1 aromatic carbocycles. The number of carbonyl (C=O) groups is 3.